The molecule has 6 heteroatoms. The summed E-state index contributed by atoms with van der Waals surface area (Å²) in [6.45, 7) is 2.89. The molecule has 1 atom stereocenters. The molecule has 20 heavy (non-hydrogen) atoms. The molecule has 0 aromatic heterocycles. The number of carbonyl (C=O) groups excluding carboxylic acids is 2. The predicted molar refractivity (Wildman–Crippen MR) is 73.2 cm³/mol. The summed E-state index contributed by atoms with van der Waals surface area (Å²) in [6, 6.07) is -0.307. The summed E-state index contributed by atoms with van der Waals surface area (Å²) in [5, 5.41) is 2.85. The quantitative estimate of drug-likeness (QED) is 0.645. The molecule has 2 rings (SSSR count). The minimum Gasteiger partial charge on any atom is -0.385 e. The molecule has 1 aliphatic heterocycles. The van der Waals surface area contributed by atoms with Gasteiger partial charge < -0.3 is 19.7 Å². The Labute approximate surface area is 119 Å². The molecule has 1 aliphatic carbocycles. The van der Waals surface area contributed by atoms with Gasteiger partial charge in [0.25, 0.3) is 0 Å². The minimum absolute atomic E-state index is 0.0150. The Hall–Kier alpha value is -1.14. The highest BCUT2D eigenvalue weighted by Crippen LogP contribution is 2.34. The number of nitrogens with zero attached hydrogens (tertiary/aromatic N) is 1. The monoisotopic (exact) mass is 284 g/mol. The van der Waals surface area contributed by atoms with Gasteiger partial charge in [-0.1, -0.05) is 0 Å². The number of hydrogen-bond acceptors (Lipinski definition) is 4. The lowest BCUT2D eigenvalue weighted by molar-refractivity contribution is -0.134. The summed E-state index contributed by atoms with van der Waals surface area (Å²) < 4.78 is 10.4. The van der Waals surface area contributed by atoms with E-state index in [4.69, 9.17) is 9.47 Å². The van der Waals surface area contributed by atoms with Gasteiger partial charge in [0.05, 0.1) is 6.61 Å². The van der Waals surface area contributed by atoms with Gasteiger partial charge in [-0.2, -0.15) is 0 Å². The summed E-state index contributed by atoms with van der Waals surface area (Å²) in [5.74, 6) is 0.382. The molecule has 1 saturated heterocycles. The molecule has 0 radical (unpaired) electrons. The number of hydrogen-bond donors (Lipinski definition) is 1. The first kappa shape index (κ1) is 15.3. The number of ether oxygens (including phenoxy) is 2. The Kier molecular flexibility index (Phi) is 5.79. The molecule has 114 valence electrons. The standard InChI is InChI=1S/C14H24N2O4/c1-19-8-2-9-20-10-7-16-6-5-12(17)15-13(14(16)18)11-3-4-11/h11,13H,2-10H2,1H3,(H,15,17). The molecule has 0 bridgehead atoms. The van der Waals surface area contributed by atoms with E-state index >= 15 is 0 Å². The highest BCUT2D eigenvalue weighted by molar-refractivity contribution is 5.90. The van der Waals surface area contributed by atoms with Crippen molar-refractivity contribution < 1.29 is 19.1 Å². The van der Waals surface area contributed by atoms with E-state index in [2.05, 4.69) is 5.32 Å². The van der Waals surface area contributed by atoms with Crippen LogP contribution in [0.25, 0.3) is 0 Å². The van der Waals surface area contributed by atoms with Crippen molar-refractivity contribution in [2.45, 2.75) is 31.7 Å². The third-order valence-corrected chi connectivity index (χ3v) is 3.74. The van der Waals surface area contributed by atoms with Crippen molar-refractivity contribution in [3.8, 4) is 0 Å². The second-order valence-corrected chi connectivity index (χ2v) is 5.42. The Morgan fingerprint density at radius 2 is 2.05 bits per heavy atom. The van der Waals surface area contributed by atoms with Crippen LogP contribution in [-0.2, 0) is 19.1 Å². The van der Waals surface area contributed by atoms with Gasteiger partial charge in [0.1, 0.15) is 6.04 Å². The van der Waals surface area contributed by atoms with Gasteiger partial charge in [0.2, 0.25) is 11.8 Å². The van der Waals surface area contributed by atoms with E-state index in [1.54, 1.807) is 12.0 Å². The molecular formula is C14H24N2O4. The maximum absolute atomic E-state index is 12.4. The van der Waals surface area contributed by atoms with Crippen LogP contribution in [0, 0.1) is 5.92 Å². The lowest BCUT2D eigenvalue weighted by Gasteiger charge is -2.23. The van der Waals surface area contributed by atoms with Crippen molar-refractivity contribution in [2.24, 2.45) is 5.92 Å². The SMILES string of the molecule is COCCCOCCN1CCC(=O)NC(C2CC2)C1=O. The first-order valence-electron chi connectivity index (χ1n) is 7.37. The Morgan fingerprint density at radius 3 is 2.75 bits per heavy atom. The average molecular weight is 284 g/mol. The van der Waals surface area contributed by atoms with Gasteiger partial charge in [-0.05, 0) is 25.2 Å². The fourth-order valence-electron chi connectivity index (χ4n) is 2.40. The normalized spacial score (nSPS) is 23.6. The van der Waals surface area contributed by atoms with E-state index in [1.165, 1.54) is 0 Å². The smallest absolute Gasteiger partial charge is 0.245 e. The van der Waals surface area contributed by atoms with Crippen molar-refractivity contribution in [1.29, 1.82) is 0 Å². The summed E-state index contributed by atoms with van der Waals surface area (Å²) in [6.07, 6.45) is 3.32. The third kappa shape index (κ3) is 4.45. The highest BCUT2D eigenvalue weighted by Gasteiger charge is 2.40. The van der Waals surface area contributed by atoms with Crippen LogP contribution in [0.15, 0.2) is 0 Å². The Balaban J connectivity index is 1.74. The largest absolute Gasteiger partial charge is 0.385 e. The predicted octanol–water partition coefficient (Wildman–Crippen LogP) is 0.167. The van der Waals surface area contributed by atoms with Gasteiger partial charge in [-0.3, -0.25) is 9.59 Å². The number of carbonyl (C=O) groups is 2. The molecule has 1 unspecified atom stereocenters. The van der Waals surface area contributed by atoms with Crippen LogP contribution in [0.3, 0.4) is 0 Å². The first-order chi connectivity index (χ1) is 9.72. The van der Waals surface area contributed by atoms with Crippen molar-refractivity contribution in [3.63, 3.8) is 0 Å². The topological polar surface area (TPSA) is 67.9 Å². The Morgan fingerprint density at radius 1 is 1.25 bits per heavy atom. The summed E-state index contributed by atoms with van der Waals surface area (Å²) in [7, 11) is 1.66. The van der Waals surface area contributed by atoms with Crippen LogP contribution in [0.2, 0.25) is 0 Å². The summed E-state index contributed by atoms with van der Waals surface area (Å²) in [5.41, 5.74) is 0. The number of rotatable bonds is 8. The van der Waals surface area contributed by atoms with Crippen LogP contribution in [0.1, 0.15) is 25.7 Å². The first-order valence-corrected chi connectivity index (χ1v) is 7.37. The molecule has 2 fully saturated rings. The van der Waals surface area contributed by atoms with Crippen LogP contribution >= 0.6 is 0 Å². The number of amides is 2. The van der Waals surface area contributed by atoms with Crippen LogP contribution in [-0.4, -0.2) is 62.8 Å². The average Bonchev–Trinajstić information content (AvgIpc) is 3.26. The molecule has 0 spiro atoms. The zero-order chi connectivity index (χ0) is 14.4. The molecule has 1 heterocycles. The second-order valence-electron chi connectivity index (χ2n) is 5.42. The minimum atomic E-state index is -0.307. The van der Waals surface area contributed by atoms with Crippen LogP contribution < -0.4 is 5.32 Å². The van der Waals surface area contributed by atoms with Gasteiger partial charge >= 0.3 is 0 Å². The zero-order valence-corrected chi connectivity index (χ0v) is 12.1. The van der Waals surface area contributed by atoms with Gasteiger partial charge in [-0.25, -0.2) is 0 Å². The molecule has 1 saturated carbocycles. The van der Waals surface area contributed by atoms with E-state index in [0.29, 0.717) is 45.2 Å². The maximum atomic E-state index is 12.4. The molecule has 2 aliphatic rings. The highest BCUT2D eigenvalue weighted by atomic mass is 16.5. The van der Waals surface area contributed by atoms with Crippen molar-refractivity contribution in [1.82, 2.24) is 10.2 Å². The molecule has 0 aromatic carbocycles. The van der Waals surface area contributed by atoms with Crippen LogP contribution in [0.5, 0.6) is 0 Å². The molecular weight excluding hydrogens is 260 g/mol. The Bertz CT molecular complexity index is 344. The van der Waals surface area contributed by atoms with Gasteiger partial charge in [-0.15, -0.1) is 0 Å². The van der Waals surface area contributed by atoms with E-state index in [9.17, 15) is 9.59 Å². The second kappa shape index (κ2) is 7.59. The van der Waals surface area contributed by atoms with Gasteiger partial charge in [0, 0.05) is 39.8 Å². The molecule has 2 amide bonds. The van der Waals surface area contributed by atoms with E-state index in [0.717, 1.165) is 19.3 Å². The van der Waals surface area contributed by atoms with Gasteiger partial charge in [0.15, 0.2) is 0 Å². The summed E-state index contributed by atoms with van der Waals surface area (Å²) >= 11 is 0. The fraction of sp³-hybridized carbons (Fsp3) is 0.857. The van der Waals surface area contributed by atoms with Crippen molar-refractivity contribution >= 4 is 11.8 Å². The zero-order valence-electron chi connectivity index (χ0n) is 12.1. The summed E-state index contributed by atoms with van der Waals surface area (Å²) in [4.78, 5) is 25.8. The third-order valence-electron chi connectivity index (χ3n) is 3.74. The lowest BCUT2D eigenvalue weighted by atomic mass is 10.1. The number of methoxy groups -OCH3 is 1. The lowest BCUT2D eigenvalue weighted by Crippen LogP contribution is -2.46. The molecule has 1 N–H and O–H groups in total. The van der Waals surface area contributed by atoms with E-state index in [1.807, 2.05) is 0 Å². The molecule has 6 nitrogen and oxygen atoms in total. The maximum Gasteiger partial charge on any atom is 0.245 e. The molecule has 0 aromatic rings. The van der Waals surface area contributed by atoms with Crippen molar-refractivity contribution in [3.05, 3.63) is 0 Å². The van der Waals surface area contributed by atoms with Crippen molar-refractivity contribution in [2.75, 3.05) is 40.0 Å². The number of nitrogens with one attached hydrogen (secondary N) is 1. The van der Waals surface area contributed by atoms with E-state index in [-0.39, 0.29) is 17.9 Å². The van der Waals surface area contributed by atoms with E-state index < -0.39 is 0 Å². The fourth-order valence-corrected chi connectivity index (χ4v) is 2.40. The van der Waals surface area contributed by atoms with Crippen LogP contribution in [0.4, 0.5) is 0 Å².